The maximum absolute atomic E-state index is 11.5. The summed E-state index contributed by atoms with van der Waals surface area (Å²) in [7, 11) is 0. The van der Waals surface area contributed by atoms with Crippen molar-refractivity contribution in [2.24, 2.45) is 5.73 Å². The fraction of sp³-hybridized carbons (Fsp3) is 0.333. The summed E-state index contributed by atoms with van der Waals surface area (Å²) in [5, 5.41) is 20.1. The molecular weight excluding hydrogens is 250 g/mol. The molecule has 0 saturated carbocycles. The first-order valence-corrected chi connectivity index (χ1v) is 5.60. The fourth-order valence-electron chi connectivity index (χ4n) is 1.72. The van der Waals surface area contributed by atoms with Crippen LogP contribution in [0.25, 0.3) is 0 Å². The third kappa shape index (κ3) is 3.26. The molecule has 0 aliphatic heterocycles. The molecular formula is C12H13N3O4. The van der Waals surface area contributed by atoms with Gasteiger partial charge in [0.2, 0.25) is 0 Å². The Bertz CT molecular complexity index is 549. The van der Waals surface area contributed by atoms with Gasteiger partial charge in [0.25, 0.3) is 5.69 Å². The highest BCUT2D eigenvalue weighted by Gasteiger charge is 2.24. The van der Waals surface area contributed by atoms with Crippen LogP contribution < -0.4 is 5.73 Å². The summed E-state index contributed by atoms with van der Waals surface area (Å²) in [6.07, 6.45) is -0.319. The van der Waals surface area contributed by atoms with E-state index in [9.17, 15) is 14.9 Å². The minimum atomic E-state index is -0.627. The second-order valence-electron chi connectivity index (χ2n) is 3.65. The smallest absolute Gasteiger partial charge is 0.310 e. The van der Waals surface area contributed by atoms with Gasteiger partial charge in [-0.3, -0.25) is 14.9 Å². The predicted octanol–water partition coefficient (Wildman–Crippen LogP) is 1.03. The van der Waals surface area contributed by atoms with Crippen molar-refractivity contribution < 1.29 is 14.5 Å². The molecule has 0 aliphatic carbocycles. The number of hydrogen-bond acceptors (Lipinski definition) is 6. The van der Waals surface area contributed by atoms with Gasteiger partial charge in [-0.05, 0) is 19.1 Å². The molecule has 1 aromatic carbocycles. The minimum Gasteiger partial charge on any atom is -0.466 e. The maximum atomic E-state index is 11.5. The number of nitro benzene ring substituents is 1. The number of carbonyl (C=O) groups is 1. The number of rotatable bonds is 5. The van der Waals surface area contributed by atoms with Crippen LogP contribution in [-0.2, 0) is 22.5 Å². The highest BCUT2D eigenvalue weighted by atomic mass is 16.6. The molecule has 0 heterocycles. The minimum absolute atomic E-state index is 0.0438. The molecule has 0 amide bonds. The lowest BCUT2D eigenvalue weighted by Crippen LogP contribution is -2.13. The molecule has 0 fully saturated rings. The average Bonchev–Trinajstić information content (AvgIpc) is 2.37. The van der Waals surface area contributed by atoms with Gasteiger partial charge in [-0.15, -0.1) is 0 Å². The monoisotopic (exact) mass is 263 g/mol. The van der Waals surface area contributed by atoms with E-state index in [-0.39, 0.29) is 42.0 Å². The summed E-state index contributed by atoms with van der Waals surface area (Å²) in [6.45, 7) is 1.76. The Morgan fingerprint density at radius 3 is 2.74 bits per heavy atom. The molecule has 0 radical (unpaired) electrons. The third-order valence-corrected chi connectivity index (χ3v) is 2.52. The van der Waals surface area contributed by atoms with Crippen molar-refractivity contribution in [2.75, 3.05) is 6.61 Å². The van der Waals surface area contributed by atoms with Crippen LogP contribution >= 0.6 is 0 Å². The van der Waals surface area contributed by atoms with Gasteiger partial charge in [0.1, 0.15) is 0 Å². The van der Waals surface area contributed by atoms with Crippen molar-refractivity contribution >= 4 is 11.7 Å². The summed E-state index contributed by atoms with van der Waals surface area (Å²) in [5.41, 5.74) is 5.56. The molecule has 0 aliphatic rings. The number of hydrogen-bond donors (Lipinski definition) is 1. The molecule has 1 rings (SSSR count). The lowest BCUT2D eigenvalue weighted by atomic mass is 9.99. The molecule has 2 N–H and O–H groups in total. The normalized spacial score (nSPS) is 9.74. The molecule has 19 heavy (non-hydrogen) atoms. The van der Waals surface area contributed by atoms with Gasteiger partial charge in [-0.2, -0.15) is 5.26 Å². The molecule has 0 aromatic heterocycles. The summed E-state index contributed by atoms with van der Waals surface area (Å²) in [6, 6.07) is 4.68. The summed E-state index contributed by atoms with van der Waals surface area (Å²) >= 11 is 0. The molecule has 0 atom stereocenters. The zero-order chi connectivity index (χ0) is 14.4. The van der Waals surface area contributed by atoms with Gasteiger partial charge >= 0.3 is 5.97 Å². The highest BCUT2D eigenvalue weighted by molar-refractivity contribution is 5.76. The summed E-state index contributed by atoms with van der Waals surface area (Å²) in [5.74, 6) is -0.615. The quantitative estimate of drug-likeness (QED) is 0.481. The van der Waals surface area contributed by atoms with Crippen LogP contribution in [0.2, 0.25) is 0 Å². The van der Waals surface area contributed by atoms with E-state index in [1.807, 2.05) is 6.07 Å². The third-order valence-electron chi connectivity index (χ3n) is 2.52. The second kappa shape index (κ2) is 6.47. The van der Waals surface area contributed by atoms with E-state index in [0.717, 1.165) is 0 Å². The van der Waals surface area contributed by atoms with Crippen molar-refractivity contribution in [3.63, 3.8) is 0 Å². The maximum Gasteiger partial charge on any atom is 0.310 e. The second-order valence-corrected chi connectivity index (χ2v) is 3.65. The number of nitro groups is 1. The zero-order valence-electron chi connectivity index (χ0n) is 10.4. The number of nitrogens with two attached hydrogens (primary N) is 1. The van der Waals surface area contributed by atoms with E-state index in [2.05, 4.69) is 0 Å². The van der Waals surface area contributed by atoms with E-state index < -0.39 is 10.9 Å². The number of nitrogens with zero attached hydrogens (tertiary/aromatic N) is 2. The first kappa shape index (κ1) is 14.6. The number of esters is 1. The summed E-state index contributed by atoms with van der Waals surface area (Å²) < 4.78 is 4.75. The Labute approximate surface area is 109 Å². The topological polar surface area (TPSA) is 119 Å². The van der Waals surface area contributed by atoms with Crippen LogP contribution in [0, 0.1) is 21.4 Å². The molecule has 0 spiro atoms. The Morgan fingerprint density at radius 1 is 1.58 bits per heavy atom. The van der Waals surface area contributed by atoms with Crippen LogP contribution in [-0.4, -0.2) is 17.5 Å². The Hall–Kier alpha value is -2.46. The zero-order valence-corrected chi connectivity index (χ0v) is 10.4. The fourth-order valence-corrected chi connectivity index (χ4v) is 1.72. The molecule has 0 bridgehead atoms. The molecule has 0 saturated heterocycles. The molecule has 7 nitrogen and oxygen atoms in total. The van der Waals surface area contributed by atoms with Crippen molar-refractivity contribution in [1.29, 1.82) is 5.26 Å². The van der Waals surface area contributed by atoms with Crippen LogP contribution in [0.3, 0.4) is 0 Å². The Balaban J connectivity index is 3.36. The number of nitriles is 1. The Morgan fingerprint density at radius 2 is 2.26 bits per heavy atom. The van der Waals surface area contributed by atoms with Gasteiger partial charge in [0.05, 0.1) is 35.1 Å². The van der Waals surface area contributed by atoms with Crippen molar-refractivity contribution in [1.82, 2.24) is 0 Å². The number of ether oxygens (including phenoxy) is 1. The van der Waals surface area contributed by atoms with Gasteiger partial charge in [0.15, 0.2) is 0 Å². The first-order chi connectivity index (χ1) is 9.04. The van der Waals surface area contributed by atoms with E-state index >= 15 is 0 Å². The lowest BCUT2D eigenvalue weighted by molar-refractivity contribution is -0.386. The van der Waals surface area contributed by atoms with Gasteiger partial charge in [-0.1, -0.05) is 0 Å². The largest absolute Gasteiger partial charge is 0.466 e. The van der Waals surface area contributed by atoms with E-state index in [1.54, 1.807) is 6.92 Å². The van der Waals surface area contributed by atoms with Crippen molar-refractivity contribution in [2.45, 2.75) is 19.9 Å². The molecule has 1 aromatic rings. The van der Waals surface area contributed by atoms with Gasteiger partial charge in [0, 0.05) is 12.1 Å². The SMILES string of the molecule is CCOC(=O)Cc1c(C#N)ccc(CN)c1[N+](=O)[O-]. The van der Waals surface area contributed by atoms with E-state index in [0.29, 0.717) is 0 Å². The lowest BCUT2D eigenvalue weighted by Gasteiger charge is -2.08. The van der Waals surface area contributed by atoms with Crippen molar-refractivity contribution in [3.8, 4) is 6.07 Å². The molecule has 7 heteroatoms. The van der Waals surface area contributed by atoms with Gasteiger partial charge < -0.3 is 10.5 Å². The van der Waals surface area contributed by atoms with Crippen molar-refractivity contribution in [3.05, 3.63) is 38.9 Å². The van der Waals surface area contributed by atoms with Crippen LogP contribution in [0.5, 0.6) is 0 Å². The van der Waals surface area contributed by atoms with Crippen LogP contribution in [0.1, 0.15) is 23.6 Å². The van der Waals surface area contributed by atoms with Crippen LogP contribution in [0.4, 0.5) is 5.69 Å². The predicted molar refractivity (Wildman–Crippen MR) is 66.0 cm³/mol. The number of carbonyl (C=O) groups excluding carboxylic acids is 1. The average molecular weight is 263 g/mol. The molecule has 0 unspecified atom stereocenters. The highest BCUT2D eigenvalue weighted by Crippen LogP contribution is 2.27. The standard InChI is InChI=1S/C12H13N3O4/c1-2-19-11(16)5-10-8(6-13)3-4-9(7-14)12(10)15(17)18/h3-4H,2,5,7,14H2,1H3. The van der Waals surface area contributed by atoms with E-state index in [4.69, 9.17) is 15.7 Å². The molecule has 100 valence electrons. The number of benzene rings is 1. The Kier molecular flexibility index (Phi) is 4.97. The van der Waals surface area contributed by atoms with E-state index in [1.165, 1.54) is 12.1 Å². The van der Waals surface area contributed by atoms with Crippen LogP contribution in [0.15, 0.2) is 12.1 Å². The first-order valence-electron chi connectivity index (χ1n) is 5.60. The summed E-state index contributed by atoms with van der Waals surface area (Å²) in [4.78, 5) is 21.9. The van der Waals surface area contributed by atoms with Gasteiger partial charge in [-0.25, -0.2) is 0 Å².